The zero-order chi connectivity index (χ0) is 15.1. The van der Waals surface area contributed by atoms with Crippen molar-refractivity contribution in [3.05, 3.63) is 0 Å². The first kappa shape index (κ1) is 15.8. The molecule has 0 aliphatic carbocycles. The predicted molar refractivity (Wildman–Crippen MR) is 71.9 cm³/mol. The van der Waals surface area contributed by atoms with Crippen molar-refractivity contribution in [3.8, 4) is 12.3 Å². The molecule has 0 bridgehead atoms. The van der Waals surface area contributed by atoms with E-state index in [-0.39, 0.29) is 19.0 Å². The van der Waals surface area contributed by atoms with E-state index in [1.165, 1.54) is 11.9 Å². The van der Waals surface area contributed by atoms with Crippen molar-refractivity contribution in [2.75, 3.05) is 39.8 Å². The Bertz CT molecular complexity index is 424. The van der Waals surface area contributed by atoms with Gasteiger partial charge in [-0.15, -0.1) is 6.42 Å². The summed E-state index contributed by atoms with van der Waals surface area (Å²) in [6.07, 6.45) is 7.07. The van der Waals surface area contributed by atoms with E-state index in [2.05, 4.69) is 5.92 Å². The van der Waals surface area contributed by atoms with Crippen molar-refractivity contribution in [2.24, 2.45) is 0 Å². The molecule has 0 aromatic carbocycles. The molecule has 0 aromatic rings. The maximum Gasteiger partial charge on any atom is 0.323 e. The van der Waals surface area contributed by atoms with Crippen LogP contribution < -0.4 is 0 Å². The number of carboxylic acid groups (broad SMARTS) is 1. The number of rotatable bonds is 5. The van der Waals surface area contributed by atoms with E-state index in [0.717, 1.165) is 17.7 Å². The van der Waals surface area contributed by atoms with Gasteiger partial charge in [-0.1, -0.05) is 5.92 Å². The quantitative estimate of drug-likeness (QED) is 0.700. The number of likely N-dealkylation sites (tertiary alicyclic amines) is 1. The molecule has 7 nitrogen and oxygen atoms in total. The Morgan fingerprint density at radius 2 is 1.85 bits per heavy atom. The Balaban J connectivity index is 2.56. The fraction of sp³-hybridized carbons (Fsp3) is 0.615. The summed E-state index contributed by atoms with van der Waals surface area (Å²) in [4.78, 5) is 38.6. The monoisotopic (exact) mass is 281 g/mol. The van der Waals surface area contributed by atoms with Crippen LogP contribution >= 0.6 is 0 Å². The number of nitrogens with zero attached hydrogens (tertiary/aromatic N) is 3. The molecule has 1 fully saturated rings. The van der Waals surface area contributed by atoms with Crippen LogP contribution in [-0.2, 0) is 9.59 Å². The third-order valence-electron chi connectivity index (χ3n) is 3.04. The molecule has 0 unspecified atom stereocenters. The lowest BCUT2D eigenvalue weighted by Gasteiger charge is -2.26. The molecule has 0 aromatic heterocycles. The van der Waals surface area contributed by atoms with Gasteiger partial charge in [-0.25, -0.2) is 4.79 Å². The van der Waals surface area contributed by atoms with E-state index in [1.807, 2.05) is 0 Å². The maximum atomic E-state index is 12.0. The molecule has 1 aliphatic heterocycles. The van der Waals surface area contributed by atoms with Gasteiger partial charge in [0.05, 0.1) is 6.54 Å². The van der Waals surface area contributed by atoms with Crippen molar-refractivity contribution < 1.29 is 19.5 Å². The molecular formula is C13H19N3O4. The number of terminal acetylenes is 1. The van der Waals surface area contributed by atoms with E-state index in [1.54, 1.807) is 4.90 Å². The SMILES string of the molecule is C#CCN(CC(=O)O)C(=O)N(C)CC(=O)N1CCCC1. The largest absolute Gasteiger partial charge is 0.480 e. The molecule has 7 heteroatoms. The summed E-state index contributed by atoms with van der Waals surface area (Å²) in [7, 11) is 1.46. The van der Waals surface area contributed by atoms with E-state index in [9.17, 15) is 14.4 Å². The predicted octanol–water partition coefficient (Wildman–Crippen LogP) is -0.320. The fourth-order valence-electron chi connectivity index (χ4n) is 2.04. The average molecular weight is 281 g/mol. The molecular weight excluding hydrogens is 262 g/mol. The first-order valence-electron chi connectivity index (χ1n) is 6.38. The Labute approximate surface area is 118 Å². The lowest BCUT2D eigenvalue weighted by atomic mass is 10.4. The number of likely N-dealkylation sites (N-methyl/N-ethyl adjacent to an activating group) is 1. The number of urea groups is 1. The molecule has 20 heavy (non-hydrogen) atoms. The maximum absolute atomic E-state index is 12.0. The normalized spacial score (nSPS) is 13.7. The molecule has 3 amide bonds. The Morgan fingerprint density at radius 1 is 1.25 bits per heavy atom. The van der Waals surface area contributed by atoms with Gasteiger partial charge in [0.2, 0.25) is 5.91 Å². The number of amides is 3. The van der Waals surface area contributed by atoms with Gasteiger partial charge in [-0.05, 0) is 12.8 Å². The molecule has 1 N–H and O–H groups in total. The first-order valence-corrected chi connectivity index (χ1v) is 6.38. The lowest BCUT2D eigenvalue weighted by molar-refractivity contribution is -0.137. The van der Waals surface area contributed by atoms with Crippen LogP contribution in [-0.4, -0.2) is 77.5 Å². The van der Waals surface area contributed by atoms with Gasteiger partial charge in [-0.3, -0.25) is 9.59 Å². The first-order chi connectivity index (χ1) is 9.45. The van der Waals surface area contributed by atoms with E-state index < -0.39 is 18.5 Å². The van der Waals surface area contributed by atoms with Crippen LogP contribution in [0.4, 0.5) is 4.79 Å². The van der Waals surface area contributed by atoms with Crippen LogP contribution in [0.15, 0.2) is 0 Å². The van der Waals surface area contributed by atoms with Gasteiger partial charge in [0.15, 0.2) is 0 Å². The summed E-state index contributed by atoms with van der Waals surface area (Å²) in [5.41, 5.74) is 0. The number of hydrogen-bond acceptors (Lipinski definition) is 3. The van der Waals surface area contributed by atoms with E-state index >= 15 is 0 Å². The van der Waals surface area contributed by atoms with Crippen molar-refractivity contribution in [3.63, 3.8) is 0 Å². The van der Waals surface area contributed by atoms with Gasteiger partial charge in [-0.2, -0.15) is 0 Å². The van der Waals surface area contributed by atoms with Gasteiger partial charge >= 0.3 is 12.0 Å². The Morgan fingerprint density at radius 3 is 2.35 bits per heavy atom. The summed E-state index contributed by atoms with van der Waals surface area (Å²) in [6.45, 7) is 0.770. The standard InChI is InChI=1S/C13H19N3O4/c1-3-6-16(10-12(18)19)13(20)14(2)9-11(17)15-7-4-5-8-15/h1H,4-10H2,2H3,(H,18,19). The topological polar surface area (TPSA) is 81.2 Å². The molecule has 0 radical (unpaired) electrons. The zero-order valence-corrected chi connectivity index (χ0v) is 11.5. The lowest BCUT2D eigenvalue weighted by Crippen LogP contribution is -2.47. The van der Waals surface area contributed by atoms with Crippen LogP contribution in [0.25, 0.3) is 0 Å². The van der Waals surface area contributed by atoms with Gasteiger partial charge in [0.25, 0.3) is 0 Å². The molecule has 1 saturated heterocycles. The average Bonchev–Trinajstić information content (AvgIpc) is 2.90. The number of carboxylic acids is 1. The number of hydrogen-bond donors (Lipinski definition) is 1. The number of carbonyl (C=O) groups is 3. The molecule has 1 rings (SSSR count). The highest BCUT2D eigenvalue weighted by atomic mass is 16.4. The third-order valence-corrected chi connectivity index (χ3v) is 3.04. The molecule has 110 valence electrons. The van der Waals surface area contributed by atoms with Crippen LogP contribution in [0, 0.1) is 12.3 Å². The Kier molecular flexibility index (Phi) is 5.84. The Hall–Kier alpha value is -2.23. The summed E-state index contributed by atoms with van der Waals surface area (Å²) < 4.78 is 0. The summed E-state index contributed by atoms with van der Waals surface area (Å²) in [5, 5.41) is 8.74. The second-order valence-electron chi connectivity index (χ2n) is 4.68. The summed E-state index contributed by atoms with van der Waals surface area (Å²) >= 11 is 0. The number of aliphatic carboxylic acids is 1. The highest BCUT2D eigenvalue weighted by Gasteiger charge is 2.24. The summed E-state index contributed by atoms with van der Waals surface area (Å²) in [5.74, 6) is 0.961. The molecule has 1 heterocycles. The fourth-order valence-corrected chi connectivity index (χ4v) is 2.04. The van der Waals surface area contributed by atoms with Crippen molar-refractivity contribution in [1.82, 2.24) is 14.7 Å². The van der Waals surface area contributed by atoms with Gasteiger partial charge in [0, 0.05) is 20.1 Å². The van der Waals surface area contributed by atoms with Crippen molar-refractivity contribution >= 4 is 17.9 Å². The van der Waals surface area contributed by atoms with Crippen LogP contribution in [0.2, 0.25) is 0 Å². The van der Waals surface area contributed by atoms with E-state index in [0.29, 0.717) is 13.1 Å². The molecule has 0 atom stereocenters. The second kappa shape index (κ2) is 7.38. The number of carbonyl (C=O) groups excluding carboxylic acids is 2. The smallest absolute Gasteiger partial charge is 0.323 e. The minimum Gasteiger partial charge on any atom is -0.480 e. The van der Waals surface area contributed by atoms with Crippen molar-refractivity contribution in [1.29, 1.82) is 0 Å². The van der Waals surface area contributed by atoms with Gasteiger partial charge < -0.3 is 19.8 Å². The molecule has 0 saturated carbocycles. The molecule has 1 aliphatic rings. The highest BCUT2D eigenvalue weighted by Crippen LogP contribution is 2.08. The van der Waals surface area contributed by atoms with Crippen LogP contribution in [0.3, 0.4) is 0 Å². The van der Waals surface area contributed by atoms with Crippen LogP contribution in [0.5, 0.6) is 0 Å². The van der Waals surface area contributed by atoms with Crippen molar-refractivity contribution in [2.45, 2.75) is 12.8 Å². The van der Waals surface area contributed by atoms with E-state index in [4.69, 9.17) is 11.5 Å². The molecule has 0 spiro atoms. The highest BCUT2D eigenvalue weighted by molar-refractivity contribution is 5.85. The second-order valence-corrected chi connectivity index (χ2v) is 4.68. The minimum atomic E-state index is -1.15. The zero-order valence-electron chi connectivity index (χ0n) is 11.5. The third kappa shape index (κ3) is 4.46. The minimum absolute atomic E-state index is 0.0699. The van der Waals surface area contributed by atoms with Gasteiger partial charge in [0.1, 0.15) is 13.1 Å². The van der Waals surface area contributed by atoms with Crippen LogP contribution in [0.1, 0.15) is 12.8 Å². The summed E-state index contributed by atoms with van der Waals surface area (Å²) in [6, 6.07) is -0.558.